The first-order chi connectivity index (χ1) is 12.0. The van der Waals surface area contributed by atoms with Crippen molar-refractivity contribution in [2.24, 2.45) is 0 Å². The first kappa shape index (κ1) is 17.1. The topological polar surface area (TPSA) is 68.0 Å². The van der Waals surface area contributed by atoms with E-state index >= 15 is 0 Å². The zero-order valence-corrected chi connectivity index (χ0v) is 14.1. The van der Waals surface area contributed by atoms with Crippen LogP contribution in [0.5, 0.6) is 0 Å². The first-order valence-electron chi connectivity index (χ1n) is 7.64. The predicted molar refractivity (Wildman–Crippen MR) is 91.4 cm³/mol. The van der Waals surface area contributed by atoms with Gasteiger partial charge in [0.25, 0.3) is 0 Å². The lowest BCUT2D eigenvalue weighted by Crippen LogP contribution is -2.28. The molecule has 0 saturated carbocycles. The Balaban J connectivity index is 1.63. The number of hydrogen-bond acceptors (Lipinski definition) is 4. The fraction of sp³-hybridized carbons (Fsp3) is 0.167. The van der Waals surface area contributed by atoms with E-state index in [9.17, 15) is 9.18 Å². The second kappa shape index (κ2) is 7.44. The maximum Gasteiger partial charge on any atom is 0.249 e. The molecule has 1 N–H and O–H groups in total. The maximum atomic E-state index is 12.9. The van der Waals surface area contributed by atoms with Crippen molar-refractivity contribution >= 4 is 17.5 Å². The molecule has 3 aromatic rings. The van der Waals surface area contributed by atoms with E-state index in [1.165, 1.54) is 12.1 Å². The van der Waals surface area contributed by atoms with Gasteiger partial charge in [-0.15, -0.1) is 0 Å². The normalized spacial score (nSPS) is 12.0. The molecule has 0 bridgehead atoms. The lowest BCUT2D eigenvalue weighted by atomic mass is 10.1. The van der Waals surface area contributed by atoms with Crippen LogP contribution in [0.15, 0.2) is 53.1 Å². The number of carbonyl (C=O) groups is 1. The standard InChI is InChI=1S/C18H15ClFN3O2/c1-11(21-16(24)10-12-2-8-15(20)9-3-12)18-22-17(23-25-18)13-4-6-14(19)7-5-13/h2-9,11H,10H2,1H3,(H,21,24)/t11-/m0/s1. The van der Waals surface area contributed by atoms with Gasteiger partial charge in [-0.05, 0) is 48.9 Å². The van der Waals surface area contributed by atoms with Crippen molar-refractivity contribution in [2.75, 3.05) is 0 Å². The minimum Gasteiger partial charge on any atom is -0.344 e. The molecule has 5 nitrogen and oxygen atoms in total. The zero-order chi connectivity index (χ0) is 17.8. The van der Waals surface area contributed by atoms with Gasteiger partial charge in [-0.2, -0.15) is 4.98 Å². The number of carbonyl (C=O) groups excluding carboxylic acids is 1. The molecular formula is C18H15ClFN3O2. The third-order valence-electron chi connectivity index (χ3n) is 3.57. The molecule has 0 spiro atoms. The Morgan fingerprint density at radius 1 is 1.20 bits per heavy atom. The van der Waals surface area contributed by atoms with Crippen molar-refractivity contribution < 1.29 is 13.7 Å². The Morgan fingerprint density at radius 2 is 1.88 bits per heavy atom. The fourth-order valence-corrected chi connectivity index (χ4v) is 2.40. The van der Waals surface area contributed by atoms with Gasteiger partial charge in [0.05, 0.1) is 6.42 Å². The van der Waals surface area contributed by atoms with Crippen LogP contribution < -0.4 is 5.32 Å². The van der Waals surface area contributed by atoms with Gasteiger partial charge >= 0.3 is 0 Å². The van der Waals surface area contributed by atoms with E-state index in [0.29, 0.717) is 16.7 Å². The molecule has 0 aliphatic rings. The number of halogens is 2. The van der Waals surface area contributed by atoms with E-state index in [2.05, 4.69) is 15.5 Å². The summed E-state index contributed by atoms with van der Waals surface area (Å²) < 4.78 is 18.1. The van der Waals surface area contributed by atoms with E-state index in [0.717, 1.165) is 11.1 Å². The van der Waals surface area contributed by atoms with E-state index < -0.39 is 6.04 Å². The summed E-state index contributed by atoms with van der Waals surface area (Å²) in [6, 6.07) is 12.4. The summed E-state index contributed by atoms with van der Waals surface area (Å²) in [6.07, 6.45) is 0.142. The molecule has 25 heavy (non-hydrogen) atoms. The van der Waals surface area contributed by atoms with Crippen LogP contribution in [0.25, 0.3) is 11.4 Å². The molecule has 0 radical (unpaired) electrons. The molecule has 1 heterocycles. The number of nitrogens with one attached hydrogen (secondary N) is 1. The molecule has 3 rings (SSSR count). The maximum absolute atomic E-state index is 12.9. The minimum atomic E-state index is -0.443. The number of aromatic nitrogens is 2. The van der Waals surface area contributed by atoms with Crippen LogP contribution >= 0.6 is 11.6 Å². The third kappa shape index (κ3) is 4.42. The van der Waals surface area contributed by atoms with Crippen molar-refractivity contribution in [1.29, 1.82) is 0 Å². The van der Waals surface area contributed by atoms with Crippen LogP contribution in [0.1, 0.15) is 24.4 Å². The highest BCUT2D eigenvalue weighted by atomic mass is 35.5. The minimum absolute atomic E-state index is 0.142. The summed E-state index contributed by atoms with van der Waals surface area (Å²) in [5, 5.41) is 7.32. The summed E-state index contributed by atoms with van der Waals surface area (Å²) in [5.74, 6) is 0.173. The molecule has 0 unspecified atom stereocenters. The molecule has 128 valence electrons. The van der Waals surface area contributed by atoms with Crippen molar-refractivity contribution in [3.05, 3.63) is 70.8 Å². The fourth-order valence-electron chi connectivity index (χ4n) is 2.27. The molecule has 0 aliphatic heterocycles. The Hall–Kier alpha value is -2.73. The van der Waals surface area contributed by atoms with Gasteiger partial charge in [0.1, 0.15) is 11.9 Å². The highest BCUT2D eigenvalue weighted by molar-refractivity contribution is 6.30. The summed E-state index contributed by atoms with van der Waals surface area (Å²) in [4.78, 5) is 16.4. The lowest BCUT2D eigenvalue weighted by Gasteiger charge is -2.09. The van der Waals surface area contributed by atoms with Crippen molar-refractivity contribution in [3.8, 4) is 11.4 Å². The monoisotopic (exact) mass is 359 g/mol. The SMILES string of the molecule is C[C@H](NC(=O)Cc1ccc(F)cc1)c1nc(-c2ccc(Cl)cc2)no1. The van der Waals surface area contributed by atoms with Gasteiger partial charge in [0.15, 0.2) is 0 Å². The van der Waals surface area contributed by atoms with Gasteiger partial charge in [0, 0.05) is 10.6 Å². The van der Waals surface area contributed by atoms with Crippen LogP contribution in [-0.2, 0) is 11.2 Å². The summed E-state index contributed by atoms with van der Waals surface area (Å²) >= 11 is 5.85. The van der Waals surface area contributed by atoms with Gasteiger partial charge < -0.3 is 9.84 Å². The highest BCUT2D eigenvalue weighted by Gasteiger charge is 2.17. The van der Waals surface area contributed by atoms with E-state index in [1.807, 2.05) is 0 Å². The van der Waals surface area contributed by atoms with Crippen LogP contribution in [0, 0.1) is 5.82 Å². The van der Waals surface area contributed by atoms with Crippen molar-refractivity contribution in [3.63, 3.8) is 0 Å². The molecule has 1 aromatic heterocycles. The second-order valence-electron chi connectivity index (χ2n) is 5.56. The number of benzene rings is 2. The number of nitrogens with zero attached hydrogens (tertiary/aromatic N) is 2. The van der Waals surface area contributed by atoms with Crippen LogP contribution in [0.4, 0.5) is 4.39 Å². The third-order valence-corrected chi connectivity index (χ3v) is 3.82. The molecule has 1 amide bonds. The molecule has 1 atom stereocenters. The van der Waals surface area contributed by atoms with E-state index in [4.69, 9.17) is 16.1 Å². The van der Waals surface area contributed by atoms with Gasteiger partial charge in [-0.25, -0.2) is 4.39 Å². The van der Waals surface area contributed by atoms with Crippen LogP contribution in [0.3, 0.4) is 0 Å². The van der Waals surface area contributed by atoms with Crippen LogP contribution in [0.2, 0.25) is 5.02 Å². The first-order valence-corrected chi connectivity index (χ1v) is 8.02. The van der Waals surface area contributed by atoms with Crippen molar-refractivity contribution in [1.82, 2.24) is 15.5 Å². The lowest BCUT2D eigenvalue weighted by molar-refractivity contribution is -0.121. The summed E-state index contributed by atoms with van der Waals surface area (Å²) in [6.45, 7) is 1.75. The number of hydrogen-bond donors (Lipinski definition) is 1. The van der Waals surface area contributed by atoms with E-state index in [1.54, 1.807) is 43.3 Å². The van der Waals surface area contributed by atoms with E-state index in [-0.39, 0.29) is 18.1 Å². The van der Waals surface area contributed by atoms with Crippen molar-refractivity contribution in [2.45, 2.75) is 19.4 Å². The Labute approximate surface area is 148 Å². The van der Waals surface area contributed by atoms with Crippen LogP contribution in [-0.4, -0.2) is 16.0 Å². The molecule has 0 aliphatic carbocycles. The van der Waals surface area contributed by atoms with Gasteiger partial charge in [0.2, 0.25) is 17.6 Å². The quantitative estimate of drug-likeness (QED) is 0.749. The predicted octanol–water partition coefficient (Wildman–Crippen LogP) is 3.95. The largest absolute Gasteiger partial charge is 0.344 e. The molecular weight excluding hydrogens is 345 g/mol. The Kier molecular flexibility index (Phi) is 5.09. The smallest absolute Gasteiger partial charge is 0.249 e. The summed E-state index contributed by atoms with van der Waals surface area (Å²) in [7, 11) is 0. The molecule has 0 fully saturated rings. The average molecular weight is 360 g/mol. The van der Waals surface area contributed by atoms with Gasteiger partial charge in [-0.1, -0.05) is 28.9 Å². The second-order valence-corrected chi connectivity index (χ2v) is 5.99. The molecule has 0 saturated heterocycles. The molecule has 7 heteroatoms. The van der Waals surface area contributed by atoms with Gasteiger partial charge in [-0.3, -0.25) is 4.79 Å². The highest BCUT2D eigenvalue weighted by Crippen LogP contribution is 2.20. The summed E-state index contributed by atoms with van der Waals surface area (Å²) in [5.41, 5.74) is 1.49. The Bertz CT molecular complexity index is 863. The Morgan fingerprint density at radius 3 is 2.56 bits per heavy atom. The zero-order valence-electron chi connectivity index (χ0n) is 13.4. The number of rotatable bonds is 5. The molecule has 2 aromatic carbocycles. The number of amides is 1. The average Bonchev–Trinajstić information content (AvgIpc) is 3.08.